The van der Waals surface area contributed by atoms with Gasteiger partial charge in [-0.3, -0.25) is 5.10 Å². The van der Waals surface area contributed by atoms with Crippen LogP contribution in [0.25, 0.3) is 0 Å². The van der Waals surface area contributed by atoms with Crippen molar-refractivity contribution in [1.29, 1.82) is 0 Å². The number of aryl methyl sites for hydroxylation is 1. The summed E-state index contributed by atoms with van der Waals surface area (Å²) in [6, 6.07) is -0.0586. The van der Waals surface area contributed by atoms with E-state index in [0.29, 0.717) is 17.9 Å². The highest BCUT2D eigenvalue weighted by molar-refractivity contribution is 7.98. The van der Waals surface area contributed by atoms with E-state index in [1.165, 1.54) is 4.31 Å². The molecule has 2 N–H and O–H groups in total. The first-order valence-electron chi connectivity index (χ1n) is 6.01. The molecule has 0 fully saturated rings. The van der Waals surface area contributed by atoms with Gasteiger partial charge in [0.1, 0.15) is 4.90 Å². The van der Waals surface area contributed by atoms with E-state index in [1.807, 2.05) is 13.2 Å². The van der Waals surface area contributed by atoms with Gasteiger partial charge in [-0.2, -0.15) is 21.2 Å². The summed E-state index contributed by atoms with van der Waals surface area (Å²) in [5.74, 6) is 0.758. The summed E-state index contributed by atoms with van der Waals surface area (Å²) in [5.41, 5.74) is 1.11. The zero-order valence-electron chi connectivity index (χ0n) is 12.0. The third-order valence-corrected chi connectivity index (χ3v) is 5.96. The Morgan fingerprint density at radius 2 is 2.16 bits per heavy atom. The second kappa shape index (κ2) is 6.74. The Kier molecular flexibility index (Phi) is 5.84. The quantitative estimate of drug-likeness (QED) is 0.779. The summed E-state index contributed by atoms with van der Waals surface area (Å²) in [7, 11) is -0.133. The fourth-order valence-electron chi connectivity index (χ4n) is 1.83. The van der Waals surface area contributed by atoms with Gasteiger partial charge >= 0.3 is 0 Å². The summed E-state index contributed by atoms with van der Waals surface area (Å²) in [6.07, 6.45) is 1.96. The second-order valence-corrected chi connectivity index (χ2v) is 7.33. The van der Waals surface area contributed by atoms with E-state index in [0.717, 1.165) is 5.75 Å². The van der Waals surface area contributed by atoms with E-state index in [9.17, 15) is 8.42 Å². The molecule has 8 heteroatoms. The fourth-order valence-corrected chi connectivity index (χ4v) is 4.31. The highest BCUT2D eigenvalue weighted by Crippen LogP contribution is 2.23. The van der Waals surface area contributed by atoms with Gasteiger partial charge in [0.15, 0.2) is 0 Å². The SMILES string of the molecule is CNCc1n[nH]c(C)c1S(=O)(=O)N(C)C(C)CSC. The molecule has 0 amide bonds. The maximum absolute atomic E-state index is 12.7. The topological polar surface area (TPSA) is 78.1 Å². The molecule has 110 valence electrons. The van der Waals surface area contributed by atoms with Gasteiger partial charge < -0.3 is 5.32 Å². The van der Waals surface area contributed by atoms with Gasteiger partial charge in [0.05, 0.1) is 11.4 Å². The van der Waals surface area contributed by atoms with E-state index in [4.69, 9.17) is 0 Å². The standard InChI is InChI=1S/C11H22N4O2S2/c1-8(7-18-5)15(4)19(16,17)11-9(2)13-14-10(11)6-12-3/h8,12H,6-7H2,1-5H3,(H,13,14). The minimum atomic E-state index is -3.51. The van der Waals surface area contributed by atoms with Gasteiger partial charge in [0.2, 0.25) is 10.0 Å². The number of nitrogens with one attached hydrogen (secondary N) is 2. The predicted molar refractivity (Wildman–Crippen MR) is 78.9 cm³/mol. The average molecular weight is 306 g/mol. The van der Waals surface area contributed by atoms with Crippen LogP contribution >= 0.6 is 11.8 Å². The molecule has 19 heavy (non-hydrogen) atoms. The largest absolute Gasteiger partial charge is 0.314 e. The van der Waals surface area contributed by atoms with E-state index in [-0.39, 0.29) is 10.9 Å². The Hall–Kier alpha value is -0.570. The highest BCUT2D eigenvalue weighted by Gasteiger charge is 2.30. The third-order valence-electron chi connectivity index (χ3n) is 2.97. The summed E-state index contributed by atoms with van der Waals surface area (Å²) >= 11 is 1.63. The normalized spacial score (nSPS) is 14.0. The summed E-state index contributed by atoms with van der Waals surface area (Å²) < 4.78 is 26.7. The molecule has 1 aromatic rings. The van der Waals surface area contributed by atoms with E-state index >= 15 is 0 Å². The molecule has 0 saturated carbocycles. The molecule has 0 aromatic carbocycles. The number of hydrogen-bond acceptors (Lipinski definition) is 5. The predicted octanol–water partition coefficient (Wildman–Crippen LogP) is 0.810. The van der Waals surface area contributed by atoms with E-state index in [2.05, 4.69) is 15.5 Å². The Morgan fingerprint density at radius 3 is 2.68 bits per heavy atom. The van der Waals surface area contributed by atoms with Gasteiger partial charge in [0.25, 0.3) is 0 Å². The first kappa shape index (κ1) is 16.5. The lowest BCUT2D eigenvalue weighted by atomic mass is 10.4. The Morgan fingerprint density at radius 1 is 1.53 bits per heavy atom. The molecule has 1 heterocycles. The lowest BCUT2D eigenvalue weighted by Gasteiger charge is -2.24. The van der Waals surface area contributed by atoms with E-state index < -0.39 is 10.0 Å². The van der Waals surface area contributed by atoms with Gasteiger partial charge in [0, 0.05) is 25.4 Å². The number of aromatic amines is 1. The van der Waals surface area contributed by atoms with Crippen LogP contribution in [0.1, 0.15) is 18.3 Å². The van der Waals surface area contributed by atoms with Crippen LogP contribution in [0.15, 0.2) is 4.90 Å². The average Bonchev–Trinajstić information content (AvgIpc) is 2.71. The lowest BCUT2D eigenvalue weighted by molar-refractivity contribution is 0.414. The monoisotopic (exact) mass is 306 g/mol. The van der Waals surface area contributed by atoms with Crippen LogP contribution in [-0.4, -0.2) is 55.1 Å². The zero-order valence-corrected chi connectivity index (χ0v) is 13.7. The van der Waals surface area contributed by atoms with Gasteiger partial charge in [-0.05, 0) is 27.2 Å². The zero-order chi connectivity index (χ0) is 14.6. The summed E-state index contributed by atoms with van der Waals surface area (Å²) in [6.45, 7) is 4.05. The minimum absolute atomic E-state index is 0.0586. The number of sulfonamides is 1. The molecular weight excluding hydrogens is 284 g/mol. The molecule has 0 bridgehead atoms. The number of nitrogens with zero attached hydrogens (tertiary/aromatic N) is 2. The molecule has 0 spiro atoms. The molecule has 1 aromatic heterocycles. The van der Waals surface area contributed by atoms with Crippen molar-refractivity contribution in [2.75, 3.05) is 26.1 Å². The number of rotatable bonds is 7. The van der Waals surface area contributed by atoms with Crippen molar-refractivity contribution in [3.05, 3.63) is 11.4 Å². The Balaban J connectivity index is 3.16. The van der Waals surface area contributed by atoms with Gasteiger partial charge in [-0.15, -0.1) is 0 Å². The molecule has 0 aliphatic rings. The van der Waals surface area contributed by atoms with Crippen molar-refractivity contribution in [3.63, 3.8) is 0 Å². The van der Waals surface area contributed by atoms with Crippen molar-refractivity contribution in [2.24, 2.45) is 0 Å². The Labute approximate surface area is 119 Å². The van der Waals surface area contributed by atoms with Crippen LogP contribution < -0.4 is 5.32 Å². The maximum atomic E-state index is 12.7. The molecule has 0 aliphatic carbocycles. The van der Waals surface area contributed by atoms with Crippen molar-refractivity contribution in [3.8, 4) is 0 Å². The number of aromatic nitrogens is 2. The first-order valence-corrected chi connectivity index (χ1v) is 8.85. The highest BCUT2D eigenvalue weighted by atomic mass is 32.2. The molecule has 0 saturated heterocycles. The number of thioether (sulfide) groups is 1. The molecular formula is C11H22N4O2S2. The smallest absolute Gasteiger partial charge is 0.246 e. The molecule has 0 radical (unpaired) electrons. The third kappa shape index (κ3) is 3.50. The molecule has 1 unspecified atom stereocenters. The second-order valence-electron chi connectivity index (χ2n) is 4.48. The maximum Gasteiger partial charge on any atom is 0.246 e. The van der Waals surface area contributed by atoms with Crippen molar-refractivity contribution >= 4 is 21.8 Å². The van der Waals surface area contributed by atoms with Gasteiger partial charge in [-0.1, -0.05) is 0 Å². The van der Waals surface area contributed by atoms with E-state index in [1.54, 1.807) is 32.8 Å². The summed E-state index contributed by atoms with van der Waals surface area (Å²) in [4.78, 5) is 0.289. The lowest BCUT2D eigenvalue weighted by Crippen LogP contribution is -2.37. The van der Waals surface area contributed by atoms with Crippen LogP contribution in [0.5, 0.6) is 0 Å². The molecule has 6 nitrogen and oxygen atoms in total. The molecule has 1 rings (SSSR count). The van der Waals surface area contributed by atoms with Crippen molar-refractivity contribution in [2.45, 2.75) is 31.3 Å². The molecule has 0 aliphatic heterocycles. The van der Waals surface area contributed by atoms with Crippen LogP contribution in [-0.2, 0) is 16.6 Å². The van der Waals surface area contributed by atoms with Crippen LogP contribution in [0.2, 0.25) is 0 Å². The van der Waals surface area contributed by atoms with Crippen LogP contribution in [0.4, 0.5) is 0 Å². The number of H-pyrrole nitrogens is 1. The van der Waals surface area contributed by atoms with Crippen molar-refractivity contribution < 1.29 is 8.42 Å². The minimum Gasteiger partial charge on any atom is -0.314 e. The fraction of sp³-hybridized carbons (Fsp3) is 0.727. The Bertz CT molecular complexity index is 513. The number of hydrogen-bond donors (Lipinski definition) is 2. The van der Waals surface area contributed by atoms with Crippen LogP contribution in [0, 0.1) is 6.92 Å². The van der Waals surface area contributed by atoms with Crippen molar-refractivity contribution in [1.82, 2.24) is 19.8 Å². The van der Waals surface area contributed by atoms with Gasteiger partial charge in [-0.25, -0.2) is 8.42 Å². The summed E-state index contributed by atoms with van der Waals surface area (Å²) in [5, 5.41) is 9.75. The first-order chi connectivity index (χ1) is 8.86. The van der Waals surface area contributed by atoms with Crippen LogP contribution in [0.3, 0.4) is 0 Å². The molecule has 1 atom stereocenters.